The van der Waals surface area contributed by atoms with Crippen LogP contribution >= 0.6 is 0 Å². The van der Waals surface area contributed by atoms with Crippen molar-refractivity contribution in [3.05, 3.63) is 12.2 Å². The topological polar surface area (TPSA) is 40.6 Å². The minimum Gasteiger partial charge on any atom is -0.315 e. The summed E-state index contributed by atoms with van der Waals surface area (Å²) in [6.45, 7) is 15.5. The van der Waals surface area contributed by atoms with Crippen LogP contribution in [0.25, 0.3) is 0 Å². The molecule has 96 valence electrons. The Kier molecular flexibility index (Phi) is 3.12. The number of urea groups is 1. The van der Waals surface area contributed by atoms with E-state index in [1.165, 1.54) is 4.90 Å². The minimum atomic E-state index is -0.527. The largest absolute Gasteiger partial charge is 0.328 e. The van der Waals surface area contributed by atoms with E-state index in [0.717, 1.165) is 0 Å². The van der Waals surface area contributed by atoms with Crippen LogP contribution in [0.1, 0.15) is 41.5 Å². The average molecular weight is 238 g/mol. The zero-order chi connectivity index (χ0) is 13.6. The van der Waals surface area contributed by atoms with E-state index in [4.69, 9.17) is 0 Å². The number of nitrogens with zero attached hydrogens (tertiary/aromatic N) is 2. The highest BCUT2D eigenvalue weighted by Crippen LogP contribution is 2.28. The molecule has 0 aromatic rings. The maximum absolute atomic E-state index is 12.4. The molecule has 3 amide bonds. The van der Waals surface area contributed by atoms with E-state index in [2.05, 4.69) is 6.58 Å². The molecule has 0 atom stereocenters. The predicted molar refractivity (Wildman–Crippen MR) is 67.6 cm³/mol. The van der Waals surface area contributed by atoms with Crippen molar-refractivity contribution >= 4 is 11.9 Å². The van der Waals surface area contributed by atoms with Gasteiger partial charge in [-0.2, -0.15) is 0 Å². The number of rotatable bonds is 0. The van der Waals surface area contributed by atoms with Crippen molar-refractivity contribution in [2.24, 2.45) is 0 Å². The Morgan fingerprint density at radius 1 is 1.00 bits per heavy atom. The molecule has 0 unspecified atom stereocenters. The van der Waals surface area contributed by atoms with E-state index < -0.39 is 5.54 Å². The normalized spacial score (nSPS) is 19.1. The van der Waals surface area contributed by atoms with Crippen molar-refractivity contribution in [2.45, 2.75) is 52.6 Å². The fourth-order valence-electron chi connectivity index (χ4n) is 1.81. The third-order valence-corrected chi connectivity index (χ3v) is 2.76. The monoisotopic (exact) mass is 238 g/mol. The highest BCUT2D eigenvalue weighted by Gasteiger charge is 2.44. The molecule has 0 aromatic heterocycles. The van der Waals surface area contributed by atoms with Crippen LogP contribution in [0.3, 0.4) is 0 Å². The third kappa shape index (κ3) is 2.51. The maximum atomic E-state index is 12.4. The van der Waals surface area contributed by atoms with Crippen LogP contribution in [-0.4, -0.2) is 39.4 Å². The molecule has 0 bridgehead atoms. The van der Waals surface area contributed by atoms with E-state index in [1.807, 2.05) is 41.5 Å². The number of hydrogen-bond donors (Lipinski definition) is 0. The highest BCUT2D eigenvalue weighted by molar-refractivity contribution is 6.07. The van der Waals surface area contributed by atoms with Gasteiger partial charge in [0.2, 0.25) is 0 Å². The van der Waals surface area contributed by atoms with Crippen molar-refractivity contribution in [3.8, 4) is 0 Å². The molecule has 1 aliphatic heterocycles. The summed E-state index contributed by atoms with van der Waals surface area (Å²) < 4.78 is 0. The third-order valence-electron chi connectivity index (χ3n) is 2.76. The number of hydrogen-bond acceptors (Lipinski definition) is 2. The summed E-state index contributed by atoms with van der Waals surface area (Å²) in [4.78, 5) is 27.4. The molecule has 0 aromatic carbocycles. The summed E-state index contributed by atoms with van der Waals surface area (Å²) in [7, 11) is 0. The van der Waals surface area contributed by atoms with Gasteiger partial charge in [-0.1, -0.05) is 6.58 Å². The van der Waals surface area contributed by atoms with E-state index in [0.29, 0.717) is 12.1 Å². The number of amides is 3. The first kappa shape index (κ1) is 13.7. The van der Waals surface area contributed by atoms with Gasteiger partial charge < -0.3 is 4.90 Å². The molecule has 4 heteroatoms. The van der Waals surface area contributed by atoms with Gasteiger partial charge in [0, 0.05) is 16.7 Å². The van der Waals surface area contributed by atoms with Crippen LogP contribution in [-0.2, 0) is 4.79 Å². The van der Waals surface area contributed by atoms with Crippen LogP contribution in [0.2, 0.25) is 0 Å². The summed E-state index contributed by atoms with van der Waals surface area (Å²) in [5, 5.41) is 0. The van der Waals surface area contributed by atoms with E-state index in [-0.39, 0.29) is 17.5 Å². The van der Waals surface area contributed by atoms with Crippen LogP contribution < -0.4 is 0 Å². The fraction of sp³-hybridized carbons (Fsp3) is 0.692. The molecule has 1 aliphatic rings. The molecule has 1 rings (SSSR count). The smallest absolute Gasteiger partial charge is 0.315 e. The predicted octanol–water partition coefficient (Wildman–Crippen LogP) is 2.40. The number of carbonyl (C=O) groups excluding carboxylic acids is 2. The van der Waals surface area contributed by atoms with Crippen molar-refractivity contribution in [2.75, 3.05) is 6.54 Å². The molecule has 0 aliphatic carbocycles. The summed E-state index contributed by atoms with van der Waals surface area (Å²) in [6.07, 6.45) is 0. The van der Waals surface area contributed by atoms with Gasteiger partial charge in [0.25, 0.3) is 5.91 Å². The lowest BCUT2D eigenvalue weighted by atomic mass is 9.99. The Balaban J connectivity index is 3.18. The zero-order valence-electron chi connectivity index (χ0n) is 11.6. The zero-order valence-corrected chi connectivity index (χ0v) is 11.6. The van der Waals surface area contributed by atoms with Crippen LogP contribution in [0.4, 0.5) is 4.79 Å². The molecule has 1 saturated heterocycles. The Morgan fingerprint density at radius 2 is 1.47 bits per heavy atom. The first-order valence-electron chi connectivity index (χ1n) is 5.80. The van der Waals surface area contributed by atoms with Crippen molar-refractivity contribution < 1.29 is 9.59 Å². The fourth-order valence-corrected chi connectivity index (χ4v) is 1.81. The second-order valence-electron chi connectivity index (χ2n) is 6.45. The average Bonchev–Trinajstić information content (AvgIpc) is 2.07. The lowest BCUT2D eigenvalue weighted by molar-refractivity contribution is -0.131. The van der Waals surface area contributed by atoms with E-state index in [1.54, 1.807) is 4.90 Å². The van der Waals surface area contributed by atoms with Crippen molar-refractivity contribution in [1.29, 1.82) is 0 Å². The lowest BCUT2D eigenvalue weighted by Gasteiger charge is -2.46. The molecule has 0 radical (unpaired) electrons. The van der Waals surface area contributed by atoms with Gasteiger partial charge in [-0.15, -0.1) is 0 Å². The van der Waals surface area contributed by atoms with E-state index >= 15 is 0 Å². The molecule has 1 heterocycles. The summed E-state index contributed by atoms with van der Waals surface area (Å²) in [5.41, 5.74) is -0.375. The first-order valence-corrected chi connectivity index (χ1v) is 5.80. The minimum absolute atomic E-state index is 0.234. The molecule has 1 fully saturated rings. The first-order chi connectivity index (χ1) is 7.46. The summed E-state index contributed by atoms with van der Waals surface area (Å²) in [5.74, 6) is -0.261. The van der Waals surface area contributed by atoms with Gasteiger partial charge in [0.05, 0.1) is 6.54 Å². The Labute approximate surface area is 103 Å². The Bertz CT molecular complexity index is 372. The van der Waals surface area contributed by atoms with Crippen LogP contribution in [0.15, 0.2) is 12.2 Å². The van der Waals surface area contributed by atoms with Gasteiger partial charge in [0.15, 0.2) is 0 Å². The maximum Gasteiger partial charge on any atom is 0.328 e. The van der Waals surface area contributed by atoms with Crippen molar-refractivity contribution in [3.63, 3.8) is 0 Å². The molecule has 0 N–H and O–H groups in total. The van der Waals surface area contributed by atoms with Gasteiger partial charge in [-0.05, 0) is 41.5 Å². The van der Waals surface area contributed by atoms with Crippen molar-refractivity contribution in [1.82, 2.24) is 9.80 Å². The molecular weight excluding hydrogens is 216 g/mol. The Morgan fingerprint density at radius 3 is 1.82 bits per heavy atom. The molecule has 0 saturated carbocycles. The number of carbonyl (C=O) groups is 2. The molecular formula is C13H22N2O2. The van der Waals surface area contributed by atoms with Gasteiger partial charge in [-0.3, -0.25) is 9.69 Å². The van der Waals surface area contributed by atoms with Gasteiger partial charge >= 0.3 is 6.03 Å². The standard InChI is InChI=1S/C13H22N2O2/c1-9-8-14(12(2,3)4)11(17)15(10(9)16)13(5,6)7/h1,8H2,2-7H3. The second kappa shape index (κ2) is 3.86. The lowest BCUT2D eigenvalue weighted by Crippen LogP contribution is -2.63. The summed E-state index contributed by atoms with van der Waals surface area (Å²) in [6, 6.07) is -0.234. The van der Waals surface area contributed by atoms with Gasteiger partial charge in [-0.25, -0.2) is 4.79 Å². The molecule has 0 spiro atoms. The quantitative estimate of drug-likeness (QED) is 0.608. The summed E-state index contributed by atoms with van der Waals surface area (Å²) >= 11 is 0. The van der Waals surface area contributed by atoms with Crippen LogP contribution in [0.5, 0.6) is 0 Å². The Hall–Kier alpha value is -1.32. The molecule has 4 nitrogen and oxygen atoms in total. The van der Waals surface area contributed by atoms with Gasteiger partial charge in [0.1, 0.15) is 0 Å². The SMILES string of the molecule is C=C1CN(C(C)(C)C)C(=O)N(C(C)(C)C)C1=O. The van der Waals surface area contributed by atoms with Crippen LogP contribution in [0, 0.1) is 0 Å². The highest BCUT2D eigenvalue weighted by atomic mass is 16.2. The van der Waals surface area contributed by atoms with E-state index in [9.17, 15) is 9.59 Å². The molecule has 17 heavy (non-hydrogen) atoms. The second-order valence-corrected chi connectivity index (χ2v) is 6.45. The number of imide groups is 1.